The molecule has 0 unspecified atom stereocenters. The number of methoxy groups -OCH3 is 1. The Kier molecular flexibility index (Phi) is 5.41. The van der Waals surface area contributed by atoms with Gasteiger partial charge in [-0.1, -0.05) is 0 Å². The van der Waals surface area contributed by atoms with Gasteiger partial charge in [0.2, 0.25) is 0 Å². The number of alkyl carbamates (subject to hydrolysis) is 1. The summed E-state index contributed by atoms with van der Waals surface area (Å²) in [6, 6.07) is 3.55. The summed E-state index contributed by atoms with van der Waals surface area (Å²) in [6.45, 7) is 6.48. The quantitative estimate of drug-likeness (QED) is 0.799. The third-order valence-electron chi connectivity index (χ3n) is 2.07. The topological polar surface area (TPSA) is 72.5 Å². The van der Waals surface area contributed by atoms with Crippen molar-refractivity contribution in [3.05, 3.63) is 18.3 Å². The third-order valence-corrected chi connectivity index (χ3v) is 2.07. The van der Waals surface area contributed by atoms with E-state index < -0.39 is 11.7 Å². The highest BCUT2D eigenvalue weighted by Gasteiger charge is 2.15. The van der Waals surface area contributed by atoms with Gasteiger partial charge in [-0.3, -0.25) is 0 Å². The zero-order chi connectivity index (χ0) is 14.3. The van der Waals surface area contributed by atoms with Crippen LogP contribution in [0.15, 0.2) is 18.3 Å². The minimum Gasteiger partial charge on any atom is -0.497 e. The summed E-state index contributed by atoms with van der Waals surface area (Å²) < 4.78 is 10.2. The molecule has 1 amide bonds. The van der Waals surface area contributed by atoms with Gasteiger partial charge in [0.05, 0.1) is 7.11 Å². The van der Waals surface area contributed by atoms with Crippen LogP contribution in [0.2, 0.25) is 0 Å². The molecule has 0 bridgehead atoms. The second-order valence-corrected chi connectivity index (χ2v) is 4.94. The molecule has 0 aliphatic heterocycles. The molecule has 19 heavy (non-hydrogen) atoms. The van der Waals surface area contributed by atoms with Gasteiger partial charge in [-0.15, -0.1) is 0 Å². The lowest BCUT2D eigenvalue weighted by molar-refractivity contribution is 0.0530. The number of nitrogens with zero attached hydrogens (tertiary/aromatic N) is 1. The number of amides is 1. The molecular weight excluding hydrogens is 246 g/mol. The van der Waals surface area contributed by atoms with E-state index in [9.17, 15) is 4.79 Å². The standard InChI is InChI=1S/C13H21N3O3/c1-13(2,3)19-12(17)16-8-7-15-11-9-10(18-4)5-6-14-11/h5-6,9H,7-8H2,1-4H3,(H,14,15)(H,16,17). The second kappa shape index (κ2) is 6.82. The van der Waals surface area contributed by atoms with E-state index in [0.717, 1.165) is 5.75 Å². The van der Waals surface area contributed by atoms with Crippen LogP contribution in [-0.4, -0.2) is 36.9 Å². The van der Waals surface area contributed by atoms with E-state index in [1.165, 1.54) is 0 Å². The first-order valence-electron chi connectivity index (χ1n) is 6.11. The minimum atomic E-state index is -0.480. The van der Waals surface area contributed by atoms with Crippen molar-refractivity contribution >= 4 is 11.9 Å². The van der Waals surface area contributed by atoms with Gasteiger partial charge in [0.25, 0.3) is 0 Å². The van der Waals surface area contributed by atoms with Gasteiger partial charge < -0.3 is 20.1 Å². The first kappa shape index (κ1) is 15.1. The zero-order valence-electron chi connectivity index (χ0n) is 11.8. The molecule has 0 atom stereocenters. The molecule has 6 heteroatoms. The van der Waals surface area contributed by atoms with Gasteiger partial charge in [0.1, 0.15) is 17.2 Å². The van der Waals surface area contributed by atoms with Crippen LogP contribution in [0.5, 0.6) is 5.75 Å². The number of pyridine rings is 1. The Morgan fingerprint density at radius 3 is 2.74 bits per heavy atom. The molecular formula is C13H21N3O3. The molecule has 0 aliphatic carbocycles. The average molecular weight is 267 g/mol. The van der Waals surface area contributed by atoms with E-state index in [4.69, 9.17) is 9.47 Å². The van der Waals surface area contributed by atoms with E-state index in [2.05, 4.69) is 15.6 Å². The Labute approximate surface area is 113 Å². The lowest BCUT2D eigenvalue weighted by atomic mass is 10.2. The van der Waals surface area contributed by atoms with E-state index in [1.54, 1.807) is 25.4 Å². The summed E-state index contributed by atoms with van der Waals surface area (Å²) in [4.78, 5) is 15.5. The molecule has 1 heterocycles. The van der Waals surface area contributed by atoms with Crippen molar-refractivity contribution in [1.82, 2.24) is 10.3 Å². The van der Waals surface area contributed by atoms with Crippen LogP contribution < -0.4 is 15.4 Å². The molecule has 1 aromatic heterocycles. The maximum atomic E-state index is 11.4. The fourth-order valence-corrected chi connectivity index (χ4v) is 1.30. The highest BCUT2D eigenvalue weighted by Crippen LogP contribution is 2.13. The first-order chi connectivity index (χ1) is 8.90. The maximum Gasteiger partial charge on any atom is 0.407 e. The molecule has 2 N–H and O–H groups in total. The van der Waals surface area contributed by atoms with Crippen molar-refractivity contribution in [3.8, 4) is 5.75 Å². The van der Waals surface area contributed by atoms with Gasteiger partial charge in [-0.2, -0.15) is 0 Å². The summed E-state index contributed by atoms with van der Waals surface area (Å²) in [5, 5.41) is 5.73. The number of nitrogens with one attached hydrogen (secondary N) is 2. The van der Waals surface area contributed by atoms with E-state index in [-0.39, 0.29) is 0 Å². The molecule has 0 aliphatic rings. The van der Waals surface area contributed by atoms with Gasteiger partial charge in [-0.05, 0) is 26.8 Å². The number of ether oxygens (including phenoxy) is 2. The van der Waals surface area contributed by atoms with E-state index in [0.29, 0.717) is 18.9 Å². The third kappa shape index (κ3) is 6.49. The average Bonchev–Trinajstić information content (AvgIpc) is 2.33. The van der Waals surface area contributed by atoms with Crippen LogP contribution >= 0.6 is 0 Å². The van der Waals surface area contributed by atoms with Crippen LogP contribution in [0.1, 0.15) is 20.8 Å². The molecule has 0 saturated carbocycles. The number of aromatic nitrogens is 1. The van der Waals surface area contributed by atoms with Crippen molar-refractivity contribution in [1.29, 1.82) is 0 Å². The number of anilines is 1. The molecule has 6 nitrogen and oxygen atoms in total. The Balaban J connectivity index is 2.25. The van der Waals surface area contributed by atoms with E-state index >= 15 is 0 Å². The maximum absolute atomic E-state index is 11.4. The number of rotatable bonds is 5. The molecule has 0 aromatic carbocycles. The number of hydrogen-bond donors (Lipinski definition) is 2. The number of hydrogen-bond acceptors (Lipinski definition) is 5. The molecule has 0 fully saturated rings. The number of carbonyl (C=O) groups excluding carboxylic acids is 1. The Morgan fingerprint density at radius 2 is 2.11 bits per heavy atom. The monoisotopic (exact) mass is 267 g/mol. The van der Waals surface area contributed by atoms with Crippen molar-refractivity contribution in [2.24, 2.45) is 0 Å². The summed E-state index contributed by atoms with van der Waals surface area (Å²) in [5.41, 5.74) is -0.480. The largest absolute Gasteiger partial charge is 0.497 e. The zero-order valence-corrected chi connectivity index (χ0v) is 11.8. The predicted molar refractivity (Wildman–Crippen MR) is 73.5 cm³/mol. The van der Waals surface area contributed by atoms with Crippen molar-refractivity contribution in [2.75, 3.05) is 25.5 Å². The predicted octanol–water partition coefficient (Wildman–Crippen LogP) is 2.03. The van der Waals surface area contributed by atoms with E-state index in [1.807, 2.05) is 20.8 Å². The highest BCUT2D eigenvalue weighted by atomic mass is 16.6. The van der Waals surface area contributed by atoms with Gasteiger partial charge in [0, 0.05) is 25.4 Å². The SMILES string of the molecule is COc1ccnc(NCCNC(=O)OC(C)(C)C)c1. The second-order valence-electron chi connectivity index (χ2n) is 4.94. The lowest BCUT2D eigenvalue weighted by Gasteiger charge is -2.19. The van der Waals surface area contributed by atoms with Crippen LogP contribution in [0, 0.1) is 0 Å². The summed E-state index contributed by atoms with van der Waals surface area (Å²) in [7, 11) is 1.60. The fraction of sp³-hybridized carbons (Fsp3) is 0.538. The summed E-state index contributed by atoms with van der Waals surface area (Å²) in [6.07, 6.45) is 1.23. The molecule has 1 rings (SSSR count). The lowest BCUT2D eigenvalue weighted by Crippen LogP contribution is -2.35. The van der Waals surface area contributed by atoms with Crippen molar-refractivity contribution in [3.63, 3.8) is 0 Å². The van der Waals surface area contributed by atoms with Crippen LogP contribution in [0.3, 0.4) is 0 Å². The van der Waals surface area contributed by atoms with Gasteiger partial charge in [-0.25, -0.2) is 9.78 Å². The summed E-state index contributed by atoms with van der Waals surface area (Å²) >= 11 is 0. The van der Waals surface area contributed by atoms with Gasteiger partial charge in [0.15, 0.2) is 0 Å². The normalized spacial score (nSPS) is 10.7. The van der Waals surface area contributed by atoms with Crippen LogP contribution in [0.4, 0.5) is 10.6 Å². The molecule has 1 aromatic rings. The minimum absolute atomic E-state index is 0.423. The van der Waals surface area contributed by atoms with Crippen LogP contribution in [0.25, 0.3) is 0 Å². The van der Waals surface area contributed by atoms with Crippen molar-refractivity contribution in [2.45, 2.75) is 26.4 Å². The molecule has 106 valence electrons. The first-order valence-corrected chi connectivity index (χ1v) is 6.11. The van der Waals surface area contributed by atoms with Gasteiger partial charge >= 0.3 is 6.09 Å². The van der Waals surface area contributed by atoms with Crippen LogP contribution in [-0.2, 0) is 4.74 Å². The molecule has 0 spiro atoms. The fourth-order valence-electron chi connectivity index (χ4n) is 1.30. The van der Waals surface area contributed by atoms with Crippen molar-refractivity contribution < 1.29 is 14.3 Å². The Morgan fingerprint density at radius 1 is 1.37 bits per heavy atom. The Hall–Kier alpha value is -1.98. The Bertz CT molecular complexity index is 416. The smallest absolute Gasteiger partial charge is 0.407 e. The molecule has 0 radical (unpaired) electrons. The molecule has 0 saturated heterocycles. The summed E-state index contributed by atoms with van der Waals surface area (Å²) in [5.74, 6) is 1.43. The highest BCUT2D eigenvalue weighted by molar-refractivity contribution is 5.67. The number of carbonyl (C=O) groups is 1.